The molecule has 0 bridgehead atoms. The van der Waals surface area contributed by atoms with E-state index in [1.807, 2.05) is 24.3 Å². The summed E-state index contributed by atoms with van der Waals surface area (Å²) in [5, 5.41) is 6.89. The highest BCUT2D eigenvalue weighted by atomic mass is 16.5. The van der Waals surface area contributed by atoms with Gasteiger partial charge in [-0.1, -0.05) is 42.0 Å². The van der Waals surface area contributed by atoms with Gasteiger partial charge in [-0.25, -0.2) is 4.79 Å². The minimum Gasteiger partial charge on any atom is -0.466 e. The van der Waals surface area contributed by atoms with Crippen LogP contribution in [-0.2, 0) is 9.53 Å². The van der Waals surface area contributed by atoms with E-state index in [0.29, 0.717) is 6.42 Å². The van der Waals surface area contributed by atoms with E-state index in [1.54, 1.807) is 0 Å². The number of hydrogen-bond acceptors (Lipinski definition) is 4. The van der Waals surface area contributed by atoms with Crippen molar-refractivity contribution in [3.63, 3.8) is 0 Å². The van der Waals surface area contributed by atoms with Gasteiger partial charge in [0.1, 0.15) is 0 Å². The van der Waals surface area contributed by atoms with E-state index in [4.69, 9.17) is 4.74 Å². The van der Waals surface area contributed by atoms with Crippen LogP contribution in [0.4, 0.5) is 11.4 Å². The number of nitrogens with one attached hydrogen (secondary N) is 2. The topological polar surface area (TPSA) is 50.4 Å². The molecule has 0 radical (unpaired) electrons. The molecule has 2 aromatic carbocycles. The molecule has 2 N–H and O–H groups in total. The molecule has 0 saturated carbocycles. The molecule has 23 heavy (non-hydrogen) atoms. The van der Waals surface area contributed by atoms with Crippen molar-refractivity contribution >= 4 is 17.3 Å². The lowest BCUT2D eigenvalue weighted by Crippen LogP contribution is -2.11. The van der Waals surface area contributed by atoms with Gasteiger partial charge in [0.25, 0.3) is 0 Å². The first-order valence-corrected chi connectivity index (χ1v) is 7.63. The van der Waals surface area contributed by atoms with Crippen molar-refractivity contribution in [2.45, 2.75) is 19.4 Å². The Labute approximate surface area is 136 Å². The van der Waals surface area contributed by atoms with Crippen molar-refractivity contribution in [3.8, 4) is 0 Å². The lowest BCUT2D eigenvalue weighted by Gasteiger charge is -2.18. The molecule has 4 nitrogen and oxygen atoms in total. The Bertz CT molecular complexity index is 735. The van der Waals surface area contributed by atoms with Gasteiger partial charge in [-0.2, -0.15) is 0 Å². The average Bonchev–Trinajstić information content (AvgIpc) is 2.74. The summed E-state index contributed by atoms with van der Waals surface area (Å²) in [5.41, 5.74) is 5.22. The Morgan fingerprint density at radius 2 is 1.83 bits per heavy atom. The number of para-hydroxylation sites is 2. The number of methoxy groups -OCH3 is 1. The summed E-state index contributed by atoms with van der Waals surface area (Å²) in [4.78, 5) is 11.6. The number of anilines is 2. The third-order valence-corrected chi connectivity index (χ3v) is 3.95. The van der Waals surface area contributed by atoms with Gasteiger partial charge >= 0.3 is 5.97 Å². The van der Waals surface area contributed by atoms with Crippen molar-refractivity contribution in [2.75, 3.05) is 17.7 Å². The van der Waals surface area contributed by atoms with Crippen LogP contribution in [0.25, 0.3) is 0 Å². The van der Waals surface area contributed by atoms with Crippen LogP contribution in [0, 0.1) is 6.92 Å². The lowest BCUT2D eigenvalue weighted by molar-refractivity contribution is -0.134. The van der Waals surface area contributed by atoms with E-state index in [0.717, 1.165) is 17.1 Å². The quantitative estimate of drug-likeness (QED) is 0.650. The van der Waals surface area contributed by atoms with Gasteiger partial charge in [-0.3, -0.25) is 0 Å². The number of carbonyl (C=O) groups is 1. The number of carbonyl (C=O) groups excluding carboxylic acids is 1. The molecule has 0 amide bonds. The highest BCUT2D eigenvalue weighted by Crippen LogP contribution is 2.34. The normalized spacial score (nSPS) is 18.3. The zero-order chi connectivity index (χ0) is 16.2. The van der Waals surface area contributed by atoms with Crippen molar-refractivity contribution in [2.24, 2.45) is 0 Å². The van der Waals surface area contributed by atoms with E-state index >= 15 is 0 Å². The number of hydrogen-bond donors (Lipinski definition) is 2. The van der Waals surface area contributed by atoms with E-state index < -0.39 is 0 Å². The Morgan fingerprint density at radius 1 is 1.13 bits per heavy atom. The highest BCUT2D eigenvalue weighted by Gasteiger charge is 2.20. The molecule has 0 aromatic heterocycles. The second kappa shape index (κ2) is 6.57. The third-order valence-electron chi connectivity index (χ3n) is 3.95. The van der Waals surface area contributed by atoms with Crippen LogP contribution in [-0.4, -0.2) is 13.1 Å². The van der Waals surface area contributed by atoms with Crippen LogP contribution in [0.3, 0.4) is 0 Å². The van der Waals surface area contributed by atoms with Crippen molar-refractivity contribution in [3.05, 3.63) is 71.4 Å². The van der Waals surface area contributed by atoms with Gasteiger partial charge in [0, 0.05) is 18.2 Å². The molecule has 3 rings (SSSR count). The summed E-state index contributed by atoms with van der Waals surface area (Å²) in [5.74, 6) is -0.352. The number of aryl methyl sites for hydroxylation is 1. The Hall–Kier alpha value is -2.75. The maximum atomic E-state index is 11.6. The zero-order valence-corrected chi connectivity index (χ0v) is 13.3. The fraction of sp³-hybridized carbons (Fsp3) is 0.211. The van der Waals surface area contributed by atoms with Crippen molar-refractivity contribution in [1.29, 1.82) is 0 Å². The smallest absolute Gasteiger partial charge is 0.332 e. The fourth-order valence-electron chi connectivity index (χ4n) is 2.70. The maximum Gasteiger partial charge on any atom is 0.332 e. The molecule has 0 aliphatic carbocycles. The van der Waals surface area contributed by atoms with Gasteiger partial charge in [-0.05, 0) is 24.6 Å². The first-order valence-electron chi connectivity index (χ1n) is 7.63. The number of esters is 1. The van der Waals surface area contributed by atoms with E-state index in [-0.39, 0.29) is 12.0 Å². The van der Waals surface area contributed by atoms with Crippen LogP contribution in [0.5, 0.6) is 0 Å². The summed E-state index contributed by atoms with van der Waals surface area (Å²) in [6, 6.07) is 16.5. The number of rotatable bonds is 2. The molecular weight excluding hydrogens is 288 g/mol. The number of benzene rings is 2. The van der Waals surface area contributed by atoms with Crippen LogP contribution < -0.4 is 10.6 Å². The summed E-state index contributed by atoms with van der Waals surface area (Å²) < 4.78 is 4.76. The molecule has 0 saturated heterocycles. The second-order valence-electron chi connectivity index (χ2n) is 5.68. The Kier molecular flexibility index (Phi) is 4.33. The second-order valence-corrected chi connectivity index (χ2v) is 5.68. The van der Waals surface area contributed by atoms with Gasteiger partial charge in [0.2, 0.25) is 0 Å². The Morgan fingerprint density at radius 3 is 2.52 bits per heavy atom. The minimum atomic E-state index is -0.352. The molecular formula is C19H20N2O2. The van der Waals surface area contributed by atoms with E-state index in [9.17, 15) is 4.79 Å². The first-order chi connectivity index (χ1) is 11.2. The third kappa shape index (κ3) is 3.54. The van der Waals surface area contributed by atoms with Gasteiger partial charge in [-0.15, -0.1) is 0 Å². The van der Waals surface area contributed by atoms with Crippen molar-refractivity contribution in [1.82, 2.24) is 0 Å². The first kappa shape index (κ1) is 15.2. The molecule has 1 unspecified atom stereocenters. The summed E-state index contributed by atoms with van der Waals surface area (Å²) in [7, 11) is 1.39. The molecule has 1 aliphatic heterocycles. The van der Waals surface area contributed by atoms with Crippen molar-refractivity contribution < 1.29 is 9.53 Å². The van der Waals surface area contributed by atoms with Crippen LogP contribution in [0.2, 0.25) is 0 Å². The van der Waals surface area contributed by atoms with Gasteiger partial charge in [0.15, 0.2) is 0 Å². The number of fused-ring (bicyclic) bond motifs is 1. The SMILES string of the molecule is COC(=O)/C=C1/CC(c2ccc(C)cc2)Nc2ccccc2N1. The summed E-state index contributed by atoms with van der Waals surface area (Å²) in [6.07, 6.45) is 2.19. The van der Waals surface area contributed by atoms with Gasteiger partial charge < -0.3 is 15.4 Å². The van der Waals surface area contributed by atoms with E-state index in [1.165, 1.54) is 24.3 Å². The summed E-state index contributed by atoms with van der Waals surface area (Å²) >= 11 is 0. The molecule has 118 valence electrons. The predicted octanol–water partition coefficient (Wildman–Crippen LogP) is 4.02. The monoisotopic (exact) mass is 308 g/mol. The van der Waals surface area contributed by atoms with Crippen LogP contribution in [0.15, 0.2) is 60.3 Å². The molecule has 1 aliphatic rings. The lowest BCUT2D eigenvalue weighted by atomic mass is 10.0. The zero-order valence-electron chi connectivity index (χ0n) is 13.3. The minimum absolute atomic E-state index is 0.0858. The standard InChI is InChI=1S/C19H20N2O2/c1-13-7-9-14(10-8-13)18-11-15(12-19(22)23-2)20-16-5-3-4-6-17(16)21-18/h3-10,12,18,20-21H,11H2,1-2H3/b15-12-. The molecule has 1 atom stereocenters. The molecule has 2 aromatic rings. The van der Waals surface area contributed by atoms with Gasteiger partial charge in [0.05, 0.1) is 24.5 Å². The van der Waals surface area contributed by atoms with Crippen LogP contribution in [0.1, 0.15) is 23.6 Å². The molecule has 1 heterocycles. The highest BCUT2D eigenvalue weighted by molar-refractivity contribution is 5.84. The summed E-state index contributed by atoms with van der Waals surface area (Å²) in [6.45, 7) is 2.07. The molecule has 0 spiro atoms. The van der Waals surface area contributed by atoms with E-state index in [2.05, 4.69) is 41.8 Å². The average molecular weight is 308 g/mol. The molecule has 4 heteroatoms. The fourth-order valence-corrected chi connectivity index (χ4v) is 2.70. The number of ether oxygens (including phenoxy) is 1. The maximum absolute atomic E-state index is 11.6. The Balaban J connectivity index is 1.98. The molecule has 0 fully saturated rings. The van der Waals surface area contributed by atoms with Crippen LogP contribution >= 0.6 is 0 Å². The largest absolute Gasteiger partial charge is 0.466 e. The predicted molar refractivity (Wildman–Crippen MR) is 92.3 cm³/mol.